The van der Waals surface area contributed by atoms with Crippen LogP contribution >= 0.6 is 0 Å². The third kappa shape index (κ3) is 2.10. The molecule has 0 aliphatic rings. The van der Waals surface area contributed by atoms with Crippen LogP contribution < -0.4 is 5.32 Å². The topological polar surface area (TPSA) is 58.0 Å². The molecule has 4 heteroatoms. The summed E-state index contributed by atoms with van der Waals surface area (Å²) in [6.45, 7) is 2.28. The maximum Gasteiger partial charge on any atom is 0.253 e. The van der Waals surface area contributed by atoms with Gasteiger partial charge in [0.15, 0.2) is 0 Å². The van der Waals surface area contributed by atoms with Crippen molar-refractivity contribution in [1.29, 1.82) is 0 Å². The summed E-state index contributed by atoms with van der Waals surface area (Å²) in [4.78, 5) is 14.6. The highest BCUT2D eigenvalue weighted by Gasteiger charge is 2.09. The minimum Gasteiger partial charge on any atom is -0.467 e. The van der Waals surface area contributed by atoms with E-state index in [0.717, 1.165) is 11.5 Å². The van der Waals surface area contributed by atoms with Crippen molar-refractivity contribution in [2.24, 2.45) is 0 Å². The Kier molecular flexibility index (Phi) is 2.58. The Morgan fingerprint density at radius 1 is 1.53 bits per heavy atom. The molecule has 1 amide bonds. The van der Waals surface area contributed by atoms with Gasteiger partial charge < -0.3 is 14.7 Å². The Labute approximate surface area is 87.3 Å². The normalized spacial score (nSPS) is 10.2. The van der Waals surface area contributed by atoms with Gasteiger partial charge in [-0.1, -0.05) is 0 Å². The molecule has 0 bridgehead atoms. The summed E-state index contributed by atoms with van der Waals surface area (Å²) in [5, 5.41) is 2.78. The molecule has 2 aromatic heterocycles. The lowest BCUT2D eigenvalue weighted by Crippen LogP contribution is -2.22. The molecular weight excluding hydrogens is 192 g/mol. The van der Waals surface area contributed by atoms with Crippen LogP contribution in [0.1, 0.15) is 21.8 Å². The van der Waals surface area contributed by atoms with Crippen molar-refractivity contribution in [3.63, 3.8) is 0 Å². The summed E-state index contributed by atoms with van der Waals surface area (Å²) >= 11 is 0. The van der Waals surface area contributed by atoms with Gasteiger partial charge in [0.2, 0.25) is 0 Å². The zero-order valence-corrected chi connectivity index (χ0v) is 8.41. The van der Waals surface area contributed by atoms with Crippen LogP contribution in [0, 0.1) is 6.92 Å². The molecule has 78 valence electrons. The molecular formula is C11H12N2O2. The highest BCUT2D eigenvalue weighted by atomic mass is 16.3. The van der Waals surface area contributed by atoms with Crippen molar-refractivity contribution < 1.29 is 9.21 Å². The van der Waals surface area contributed by atoms with Crippen LogP contribution in [0.25, 0.3) is 0 Å². The van der Waals surface area contributed by atoms with Gasteiger partial charge in [-0.15, -0.1) is 0 Å². The van der Waals surface area contributed by atoms with Gasteiger partial charge in [-0.3, -0.25) is 4.79 Å². The Morgan fingerprint density at radius 3 is 3.00 bits per heavy atom. The number of aryl methyl sites for hydroxylation is 1. The smallest absolute Gasteiger partial charge is 0.253 e. The van der Waals surface area contributed by atoms with Crippen molar-refractivity contribution in [2.45, 2.75) is 13.5 Å². The van der Waals surface area contributed by atoms with Crippen molar-refractivity contribution in [3.8, 4) is 0 Å². The molecule has 0 spiro atoms. The largest absolute Gasteiger partial charge is 0.467 e. The minimum atomic E-state index is -0.0925. The van der Waals surface area contributed by atoms with E-state index in [1.807, 2.05) is 13.0 Å². The summed E-state index contributed by atoms with van der Waals surface area (Å²) in [6, 6.07) is 5.38. The molecule has 0 aliphatic carbocycles. The standard InChI is InChI=1S/C11H12N2O2/c1-8-10(4-5-12-8)11(14)13-7-9-3-2-6-15-9/h2-6,12H,7H2,1H3,(H,13,14). The van der Waals surface area contributed by atoms with Crippen LogP contribution in [0.4, 0.5) is 0 Å². The van der Waals surface area contributed by atoms with E-state index < -0.39 is 0 Å². The van der Waals surface area contributed by atoms with Crippen molar-refractivity contribution in [1.82, 2.24) is 10.3 Å². The van der Waals surface area contributed by atoms with Crippen LogP contribution in [-0.4, -0.2) is 10.9 Å². The molecule has 0 saturated carbocycles. The Morgan fingerprint density at radius 2 is 2.40 bits per heavy atom. The molecule has 2 N–H and O–H groups in total. The van der Waals surface area contributed by atoms with Gasteiger partial charge in [-0.25, -0.2) is 0 Å². The number of hydrogen-bond donors (Lipinski definition) is 2. The van der Waals surface area contributed by atoms with Gasteiger partial charge in [-0.2, -0.15) is 0 Å². The molecule has 2 rings (SSSR count). The quantitative estimate of drug-likeness (QED) is 0.801. The van der Waals surface area contributed by atoms with Crippen LogP contribution in [0.15, 0.2) is 35.1 Å². The fourth-order valence-electron chi connectivity index (χ4n) is 1.37. The van der Waals surface area contributed by atoms with Crippen LogP contribution in [0.3, 0.4) is 0 Å². The van der Waals surface area contributed by atoms with Gasteiger partial charge >= 0.3 is 0 Å². The first-order chi connectivity index (χ1) is 7.27. The van der Waals surface area contributed by atoms with Crippen LogP contribution in [-0.2, 0) is 6.54 Å². The van der Waals surface area contributed by atoms with Gasteiger partial charge in [0.1, 0.15) is 5.76 Å². The summed E-state index contributed by atoms with van der Waals surface area (Å²) in [5.41, 5.74) is 1.54. The number of amides is 1. The van der Waals surface area contributed by atoms with E-state index >= 15 is 0 Å². The number of nitrogens with one attached hydrogen (secondary N) is 2. The van der Waals surface area contributed by atoms with Crippen molar-refractivity contribution in [2.75, 3.05) is 0 Å². The first-order valence-corrected chi connectivity index (χ1v) is 4.72. The highest BCUT2D eigenvalue weighted by molar-refractivity contribution is 5.95. The molecule has 4 nitrogen and oxygen atoms in total. The number of hydrogen-bond acceptors (Lipinski definition) is 2. The maximum atomic E-state index is 11.6. The van der Waals surface area contributed by atoms with E-state index in [9.17, 15) is 4.79 Å². The minimum absolute atomic E-state index is 0.0925. The molecule has 0 unspecified atom stereocenters. The Balaban J connectivity index is 1.96. The number of aromatic nitrogens is 1. The lowest BCUT2D eigenvalue weighted by atomic mass is 10.2. The number of aromatic amines is 1. The van der Waals surface area contributed by atoms with Crippen molar-refractivity contribution >= 4 is 5.91 Å². The van der Waals surface area contributed by atoms with E-state index in [-0.39, 0.29) is 5.91 Å². The number of H-pyrrole nitrogens is 1. The summed E-state index contributed by atoms with van der Waals surface area (Å²) in [7, 11) is 0. The summed E-state index contributed by atoms with van der Waals surface area (Å²) in [5.74, 6) is 0.654. The Bertz CT molecular complexity index is 443. The Hall–Kier alpha value is -1.97. The highest BCUT2D eigenvalue weighted by Crippen LogP contribution is 2.05. The summed E-state index contributed by atoms with van der Waals surface area (Å²) < 4.78 is 5.11. The summed E-state index contributed by atoms with van der Waals surface area (Å²) in [6.07, 6.45) is 3.33. The molecule has 0 aromatic carbocycles. The van der Waals surface area contributed by atoms with E-state index in [1.54, 1.807) is 24.6 Å². The number of furan rings is 1. The van der Waals surface area contributed by atoms with Gasteiger partial charge in [0.25, 0.3) is 5.91 Å². The molecule has 0 fully saturated rings. The van der Waals surface area contributed by atoms with E-state index in [2.05, 4.69) is 10.3 Å². The molecule has 2 heterocycles. The average Bonchev–Trinajstić information content (AvgIpc) is 2.84. The molecule has 0 aliphatic heterocycles. The molecule has 0 atom stereocenters. The van der Waals surface area contributed by atoms with Crippen molar-refractivity contribution in [3.05, 3.63) is 47.7 Å². The van der Waals surface area contributed by atoms with Gasteiger partial charge in [0, 0.05) is 11.9 Å². The van der Waals surface area contributed by atoms with Crippen LogP contribution in [0.5, 0.6) is 0 Å². The number of carbonyl (C=O) groups excluding carboxylic acids is 1. The lowest BCUT2D eigenvalue weighted by molar-refractivity contribution is 0.0947. The number of rotatable bonds is 3. The third-order valence-electron chi connectivity index (χ3n) is 2.20. The van der Waals surface area contributed by atoms with Crippen LogP contribution in [0.2, 0.25) is 0 Å². The predicted octanol–water partition coefficient (Wildman–Crippen LogP) is 1.85. The molecule has 0 radical (unpaired) electrons. The molecule has 15 heavy (non-hydrogen) atoms. The molecule has 0 saturated heterocycles. The fourth-order valence-corrected chi connectivity index (χ4v) is 1.37. The lowest BCUT2D eigenvalue weighted by Gasteiger charge is -2.01. The monoisotopic (exact) mass is 204 g/mol. The SMILES string of the molecule is Cc1[nH]ccc1C(=O)NCc1ccco1. The van der Waals surface area contributed by atoms with Gasteiger partial charge in [0.05, 0.1) is 18.4 Å². The van der Waals surface area contributed by atoms with E-state index in [0.29, 0.717) is 12.1 Å². The van der Waals surface area contributed by atoms with Gasteiger partial charge in [-0.05, 0) is 25.1 Å². The fraction of sp³-hybridized carbons (Fsp3) is 0.182. The second kappa shape index (κ2) is 4.04. The second-order valence-corrected chi connectivity index (χ2v) is 3.28. The average molecular weight is 204 g/mol. The zero-order chi connectivity index (χ0) is 10.7. The zero-order valence-electron chi connectivity index (χ0n) is 8.41. The third-order valence-corrected chi connectivity index (χ3v) is 2.20. The first kappa shape index (κ1) is 9.58. The predicted molar refractivity (Wildman–Crippen MR) is 55.4 cm³/mol. The maximum absolute atomic E-state index is 11.6. The number of carbonyl (C=O) groups is 1. The second-order valence-electron chi connectivity index (χ2n) is 3.28. The van der Waals surface area contributed by atoms with E-state index in [4.69, 9.17) is 4.42 Å². The first-order valence-electron chi connectivity index (χ1n) is 4.72. The van der Waals surface area contributed by atoms with E-state index in [1.165, 1.54) is 0 Å². The molecule has 2 aromatic rings.